The highest BCUT2D eigenvalue weighted by atomic mass is 79.9. The summed E-state index contributed by atoms with van der Waals surface area (Å²) in [5, 5.41) is 0. The maximum Gasteiger partial charge on any atom is 0.255 e. The van der Waals surface area contributed by atoms with E-state index in [-0.39, 0.29) is 5.91 Å². The molecule has 1 amide bonds. The van der Waals surface area contributed by atoms with Gasteiger partial charge in [0.15, 0.2) is 0 Å². The highest BCUT2D eigenvalue weighted by Crippen LogP contribution is 2.23. The average molecular weight is 397 g/mol. The van der Waals surface area contributed by atoms with Crippen LogP contribution in [0.3, 0.4) is 0 Å². The lowest BCUT2D eigenvalue weighted by Crippen LogP contribution is -2.26. The van der Waals surface area contributed by atoms with E-state index in [2.05, 4.69) is 63.0 Å². The second-order valence-corrected chi connectivity index (χ2v) is 6.54. The zero-order chi connectivity index (χ0) is 14.7. The van der Waals surface area contributed by atoms with Crippen molar-refractivity contribution in [2.75, 3.05) is 7.05 Å². The molecule has 0 N–H and O–H groups in total. The van der Waals surface area contributed by atoms with Crippen LogP contribution in [0.2, 0.25) is 0 Å². The van der Waals surface area contributed by atoms with E-state index in [0.717, 1.165) is 14.5 Å². The Morgan fingerprint density at radius 1 is 1.10 bits per heavy atom. The van der Waals surface area contributed by atoms with Crippen LogP contribution in [0.25, 0.3) is 0 Å². The molecule has 2 aromatic rings. The van der Waals surface area contributed by atoms with Gasteiger partial charge >= 0.3 is 0 Å². The van der Waals surface area contributed by atoms with Crippen LogP contribution in [0.4, 0.5) is 0 Å². The second-order valence-electron chi connectivity index (χ2n) is 4.77. The van der Waals surface area contributed by atoms with Crippen LogP contribution in [-0.2, 0) is 6.54 Å². The molecule has 0 heterocycles. The number of hydrogen-bond donors (Lipinski definition) is 0. The summed E-state index contributed by atoms with van der Waals surface area (Å²) in [4.78, 5) is 14.2. The summed E-state index contributed by atoms with van der Waals surface area (Å²) in [6.45, 7) is 2.65. The van der Waals surface area contributed by atoms with Crippen molar-refractivity contribution in [2.45, 2.75) is 13.5 Å². The van der Waals surface area contributed by atoms with E-state index < -0.39 is 0 Å². The molecule has 2 aromatic carbocycles. The van der Waals surface area contributed by atoms with Gasteiger partial charge in [0.05, 0.1) is 5.56 Å². The van der Waals surface area contributed by atoms with Crippen molar-refractivity contribution in [3.8, 4) is 0 Å². The van der Waals surface area contributed by atoms with Crippen LogP contribution in [0.5, 0.6) is 0 Å². The third-order valence-electron chi connectivity index (χ3n) is 3.05. The van der Waals surface area contributed by atoms with Gasteiger partial charge in [-0.3, -0.25) is 4.79 Å². The number of carbonyl (C=O) groups is 1. The summed E-state index contributed by atoms with van der Waals surface area (Å²) in [6.07, 6.45) is 0. The van der Waals surface area contributed by atoms with Crippen molar-refractivity contribution < 1.29 is 4.79 Å². The van der Waals surface area contributed by atoms with E-state index in [4.69, 9.17) is 0 Å². The van der Waals surface area contributed by atoms with Gasteiger partial charge in [0.25, 0.3) is 5.91 Å². The Hall–Kier alpha value is -1.13. The van der Waals surface area contributed by atoms with E-state index in [9.17, 15) is 4.79 Å². The van der Waals surface area contributed by atoms with E-state index in [1.165, 1.54) is 5.56 Å². The molecule has 0 unspecified atom stereocenters. The molecule has 0 bridgehead atoms. The van der Waals surface area contributed by atoms with Crippen molar-refractivity contribution in [3.05, 3.63) is 68.1 Å². The van der Waals surface area contributed by atoms with Gasteiger partial charge in [-0.1, -0.05) is 45.8 Å². The average Bonchev–Trinajstić information content (AvgIpc) is 2.43. The molecule has 0 spiro atoms. The fourth-order valence-corrected chi connectivity index (χ4v) is 2.68. The molecule has 0 saturated heterocycles. The zero-order valence-electron chi connectivity index (χ0n) is 11.4. The lowest BCUT2D eigenvalue weighted by atomic mass is 10.1. The molecule has 2 nitrogen and oxygen atoms in total. The molecule has 104 valence electrons. The molecule has 0 atom stereocenters. The van der Waals surface area contributed by atoms with Crippen LogP contribution >= 0.6 is 31.9 Å². The monoisotopic (exact) mass is 395 g/mol. The Kier molecular flexibility index (Phi) is 5.00. The highest BCUT2D eigenvalue weighted by molar-refractivity contribution is 9.11. The summed E-state index contributed by atoms with van der Waals surface area (Å²) in [6, 6.07) is 13.8. The first-order chi connectivity index (χ1) is 9.47. The van der Waals surface area contributed by atoms with E-state index in [0.29, 0.717) is 12.1 Å². The summed E-state index contributed by atoms with van der Waals surface area (Å²) in [5.74, 6) is -0.00116. The number of rotatable bonds is 3. The molecule has 0 saturated carbocycles. The zero-order valence-corrected chi connectivity index (χ0v) is 14.5. The Morgan fingerprint density at radius 3 is 2.40 bits per heavy atom. The van der Waals surface area contributed by atoms with E-state index in [1.54, 1.807) is 4.90 Å². The lowest BCUT2D eigenvalue weighted by Gasteiger charge is -2.18. The maximum absolute atomic E-state index is 12.5. The number of nitrogens with zero attached hydrogens (tertiary/aromatic N) is 1. The molecule has 0 aliphatic heterocycles. The molecule has 0 aliphatic rings. The second kappa shape index (κ2) is 6.55. The first kappa shape index (κ1) is 15.3. The SMILES string of the molecule is Cc1ccc(CN(C)C(=O)c2cc(Br)ccc2Br)cc1. The molecule has 0 aromatic heterocycles. The first-order valence-electron chi connectivity index (χ1n) is 6.23. The normalized spacial score (nSPS) is 10.4. The molecule has 2 rings (SSSR count). The molecule has 0 fully saturated rings. The topological polar surface area (TPSA) is 20.3 Å². The Bertz CT molecular complexity index is 623. The molecular formula is C16H15Br2NO. The smallest absolute Gasteiger partial charge is 0.255 e. The van der Waals surface area contributed by atoms with Gasteiger partial charge in [-0.25, -0.2) is 0 Å². The number of carbonyl (C=O) groups excluding carboxylic acids is 1. The summed E-state index contributed by atoms with van der Waals surface area (Å²) in [7, 11) is 1.82. The van der Waals surface area contributed by atoms with E-state index >= 15 is 0 Å². The minimum atomic E-state index is -0.00116. The highest BCUT2D eigenvalue weighted by Gasteiger charge is 2.15. The Balaban J connectivity index is 2.16. The summed E-state index contributed by atoms with van der Waals surface area (Å²) < 4.78 is 1.70. The van der Waals surface area contributed by atoms with Crippen molar-refractivity contribution in [1.82, 2.24) is 4.90 Å². The maximum atomic E-state index is 12.5. The number of aryl methyl sites for hydroxylation is 1. The van der Waals surface area contributed by atoms with E-state index in [1.807, 2.05) is 25.2 Å². The molecule has 0 radical (unpaired) electrons. The van der Waals surface area contributed by atoms with Gasteiger partial charge < -0.3 is 4.90 Å². The van der Waals surface area contributed by atoms with Crippen LogP contribution < -0.4 is 0 Å². The Morgan fingerprint density at radius 2 is 1.75 bits per heavy atom. The fraction of sp³-hybridized carbons (Fsp3) is 0.188. The third-order valence-corrected chi connectivity index (χ3v) is 4.23. The van der Waals surface area contributed by atoms with Crippen LogP contribution in [0.15, 0.2) is 51.4 Å². The van der Waals surface area contributed by atoms with Gasteiger partial charge in [0, 0.05) is 22.5 Å². The minimum Gasteiger partial charge on any atom is -0.337 e. The number of hydrogen-bond acceptors (Lipinski definition) is 1. The van der Waals surface area contributed by atoms with Crippen LogP contribution in [0.1, 0.15) is 21.5 Å². The van der Waals surface area contributed by atoms with Gasteiger partial charge in [0.1, 0.15) is 0 Å². The molecule has 20 heavy (non-hydrogen) atoms. The van der Waals surface area contributed by atoms with Crippen molar-refractivity contribution >= 4 is 37.8 Å². The molecular weight excluding hydrogens is 382 g/mol. The number of amides is 1. The fourth-order valence-electron chi connectivity index (χ4n) is 1.91. The minimum absolute atomic E-state index is 0.00116. The summed E-state index contributed by atoms with van der Waals surface area (Å²) >= 11 is 6.82. The van der Waals surface area contributed by atoms with Gasteiger partial charge in [0.2, 0.25) is 0 Å². The lowest BCUT2D eigenvalue weighted by molar-refractivity contribution is 0.0784. The van der Waals surface area contributed by atoms with Crippen molar-refractivity contribution in [1.29, 1.82) is 0 Å². The number of halogens is 2. The standard InChI is InChI=1S/C16H15Br2NO/c1-11-3-5-12(6-4-11)10-19(2)16(20)14-9-13(17)7-8-15(14)18/h3-9H,10H2,1-2H3. The summed E-state index contributed by atoms with van der Waals surface area (Å²) in [5.41, 5.74) is 3.00. The Labute approximate surface area is 136 Å². The predicted molar refractivity (Wildman–Crippen MR) is 88.8 cm³/mol. The van der Waals surface area contributed by atoms with Gasteiger partial charge in [-0.2, -0.15) is 0 Å². The molecule has 4 heteroatoms. The third kappa shape index (κ3) is 3.70. The predicted octanol–water partition coefficient (Wildman–Crippen LogP) is 4.79. The van der Waals surface area contributed by atoms with Crippen LogP contribution in [-0.4, -0.2) is 17.9 Å². The van der Waals surface area contributed by atoms with Crippen molar-refractivity contribution in [3.63, 3.8) is 0 Å². The quantitative estimate of drug-likeness (QED) is 0.730. The first-order valence-corrected chi connectivity index (χ1v) is 7.82. The van der Waals surface area contributed by atoms with Crippen molar-refractivity contribution in [2.24, 2.45) is 0 Å². The van der Waals surface area contributed by atoms with Gasteiger partial charge in [-0.05, 0) is 46.6 Å². The molecule has 0 aliphatic carbocycles. The largest absolute Gasteiger partial charge is 0.337 e. The van der Waals surface area contributed by atoms with Gasteiger partial charge in [-0.15, -0.1) is 0 Å². The van der Waals surface area contributed by atoms with Crippen LogP contribution in [0, 0.1) is 6.92 Å². The number of benzene rings is 2.